The van der Waals surface area contributed by atoms with Crippen molar-refractivity contribution < 1.29 is 17.7 Å². The lowest BCUT2D eigenvalue weighted by Crippen LogP contribution is -2.18. The van der Waals surface area contributed by atoms with Gasteiger partial charge in [-0.05, 0) is 30.7 Å². The van der Waals surface area contributed by atoms with Crippen molar-refractivity contribution in [2.45, 2.75) is 11.8 Å². The zero-order chi connectivity index (χ0) is 17.0. The largest absolute Gasteiger partial charge is 0.276 e. The van der Waals surface area contributed by atoms with Crippen LogP contribution in [-0.4, -0.2) is 19.6 Å². The molecular formula is C14H12FN3O4S. The van der Waals surface area contributed by atoms with E-state index in [1.807, 2.05) is 4.83 Å². The van der Waals surface area contributed by atoms with Crippen molar-refractivity contribution >= 4 is 21.9 Å². The van der Waals surface area contributed by atoms with Gasteiger partial charge in [-0.2, -0.15) is 13.5 Å². The number of nitrogens with zero attached hydrogens (tertiary/aromatic N) is 2. The van der Waals surface area contributed by atoms with Gasteiger partial charge in [-0.15, -0.1) is 0 Å². The Labute approximate surface area is 131 Å². The van der Waals surface area contributed by atoms with Crippen LogP contribution in [0.2, 0.25) is 0 Å². The predicted octanol–water partition coefficient (Wildman–Crippen LogP) is 2.35. The molecule has 0 fully saturated rings. The molecule has 0 saturated carbocycles. The van der Waals surface area contributed by atoms with E-state index in [1.165, 1.54) is 43.3 Å². The number of hydrazone groups is 1. The first kappa shape index (κ1) is 16.6. The monoisotopic (exact) mass is 337 g/mol. The van der Waals surface area contributed by atoms with Gasteiger partial charge in [0.05, 0.1) is 16.0 Å². The number of halogens is 1. The summed E-state index contributed by atoms with van der Waals surface area (Å²) in [5.41, 5.74) is 0.404. The van der Waals surface area contributed by atoms with Crippen LogP contribution in [-0.2, 0) is 10.0 Å². The highest BCUT2D eigenvalue weighted by molar-refractivity contribution is 7.89. The van der Waals surface area contributed by atoms with Gasteiger partial charge in [-0.25, -0.2) is 9.22 Å². The molecule has 7 nitrogen and oxygen atoms in total. The van der Waals surface area contributed by atoms with Crippen LogP contribution in [0.1, 0.15) is 11.1 Å². The van der Waals surface area contributed by atoms with Gasteiger partial charge < -0.3 is 0 Å². The lowest BCUT2D eigenvalue weighted by molar-refractivity contribution is -0.385. The molecule has 0 amide bonds. The third-order valence-electron chi connectivity index (χ3n) is 2.92. The molecule has 0 aliphatic carbocycles. The van der Waals surface area contributed by atoms with E-state index in [-0.39, 0.29) is 10.6 Å². The molecule has 0 aromatic heterocycles. The van der Waals surface area contributed by atoms with Gasteiger partial charge in [0.1, 0.15) is 5.82 Å². The second kappa shape index (κ2) is 6.53. The fourth-order valence-electron chi connectivity index (χ4n) is 1.76. The van der Waals surface area contributed by atoms with Gasteiger partial charge in [0.15, 0.2) is 0 Å². The van der Waals surface area contributed by atoms with E-state index < -0.39 is 20.8 Å². The maximum atomic E-state index is 13.0. The van der Waals surface area contributed by atoms with Crippen LogP contribution in [0.5, 0.6) is 0 Å². The molecule has 2 aromatic rings. The van der Waals surface area contributed by atoms with Gasteiger partial charge in [0.2, 0.25) is 0 Å². The van der Waals surface area contributed by atoms with Crippen molar-refractivity contribution in [3.8, 4) is 0 Å². The van der Waals surface area contributed by atoms with Crippen molar-refractivity contribution in [3.05, 3.63) is 69.5 Å². The minimum atomic E-state index is -4.06. The van der Waals surface area contributed by atoms with Crippen molar-refractivity contribution in [2.24, 2.45) is 5.10 Å². The molecule has 0 unspecified atom stereocenters. The van der Waals surface area contributed by atoms with E-state index in [1.54, 1.807) is 0 Å². The zero-order valence-corrected chi connectivity index (χ0v) is 12.7. The Hall–Kier alpha value is -2.81. The highest BCUT2D eigenvalue weighted by Crippen LogP contribution is 2.21. The molecule has 0 atom stereocenters. The number of sulfonamides is 1. The van der Waals surface area contributed by atoms with Crippen LogP contribution < -0.4 is 4.83 Å². The summed E-state index contributed by atoms with van der Waals surface area (Å²) in [7, 11) is -4.06. The molecule has 0 aliphatic heterocycles. The van der Waals surface area contributed by atoms with Gasteiger partial charge in [0, 0.05) is 11.6 Å². The van der Waals surface area contributed by atoms with E-state index in [0.29, 0.717) is 11.1 Å². The smallest absolute Gasteiger partial charge is 0.258 e. The molecule has 2 rings (SSSR count). The molecule has 2 aromatic carbocycles. The molecule has 0 radical (unpaired) electrons. The fourth-order valence-corrected chi connectivity index (χ4v) is 2.57. The summed E-state index contributed by atoms with van der Waals surface area (Å²) in [6.07, 6.45) is 1.13. The first-order chi connectivity index (χ1) is 10.8. The number of nitro benzene ring substituents is 1. The Bertz CT molecular complexity index is 881. The minimum absolute atomic E-state index is 0.286. The molecule has 0 spiro atoms. The van der Waals surface area contributed by atoms with Gasteiger partial charge in [-0.3, -0.25) is 10.1 Å². The summed E-state index contributed by atoms with van der Waals surface area (Å²) < 4.78 is 37.1. The summed E-state index contributed by atoms with van der Waals surface area (Å²) in [4.78, 5) is 11.8. The molecule has 120 valence electrons. The summed E-state index contributed by atoms with van der Waals surface area (Å²) in [6, 6.07) is 8.94. The molecule has 0 saturated heterocycles. The quantitative estimate of drug-likeness (QED) is 0.514. The van der Waals surface area contributed by atoms with Crippen LogP contribution in [0.4, 0.5) is 10.1 Å². The first-order valence-corrected chi connectivity index (χ1v) is 7.83. The van der Waals surface area contributed by atoms with Crippen LogP contribution >= 0.6 is 0 Å². The number of nitrogens with one attached hydrogen (secondary N) is 1. The molecule has 0 heterocycles. The van der Waals surface area contributed by atoms with Crippen molar-refractivity contribution in [1.29, 1.82) is 0 Å². The Morgan fingerprint density at radius 2 is 2.00 bits per heavy atom. The van der Waals surface area contributed by atoms with Gasteiger partial charge in [-0.1, -0.05) is 18.2 Å². The normalized spacial score (nSPS) is 11.6. The summed E-state index contributed by atoms with van der Waals surface area (Å²) >= 11 is 0. The van der Waals surface area contributed by atoms with E-state index in [4.69, 9.17) is 0 Å². The number of hydrogen-bond donors (Lipinski definition) is 1. The SMILES string of the molecule is Cc1ccc(S(=O)(=O)N/N=C\c2cccc(F)c2)cc1[N+](=O)[O-]. The standard InChI is InChI=1S/C14H12FN3O4S/c1-10-5-6-13(8-14(10)18(19)20)23(21,22)17-16-9-11-3-2-4-12(15)7-11/h2-9,17H,1H3/b16-9-. The summed E-state index contributed by atoms with van der Waals surface area (Å²) in [5.74, 6) is -0.481. The van der Waals surface area contributed by atoms with E-state index >= 15 is 0 Å². The third-order valence-corrected chi connectivity index (χ3v) is 4.14. The maximum absolute atomic E-state index is 13.0. The van der Waals surface area contributed by atoms with E-state index in [2.05, 4.69) is 5.10 Å². The first-order valence-electron chi connectivity index (χ1n) is 6.35. The third kappa shape index (κ3) is 4.10. The second-order valence-electron chi connectivity index (χ2n) is 4.61. The van der Waals surface area contributed by atoms with Crippen molar-refractivity contribution in [2.75, 3.05) is 0 Å². The average Bonchev–Trinajstić information content (AvgIpc) is 2.47. The van der Waals surface area contributed by atoms with Crippen molar-refractivity contribution in [3.63, 3.8) is 0 Å². The number of benzene rings is 2. The van der Waals surface area contributed by atoms with E-state index in [0.717, 1.165) is 12.3 Å². The van der Waals surface area contributed by atoms with Crippen LogP contribution in [0, 0.1) is 22.9 Å². The molecular weight excluding hydrogens is 325 g/mol. The fraction of sp³-hybridized carbons (Fsp3) is 0.0714. The molecule has 0 aliphatic rings. The predicted molar refractivity (Wildman–Crippen MR) is 82.1 cm³/mol. The number of hydrogen-bond acceptors (Lipinski definition) is 5. The molecule has 0 bridgehead atoms. The maximum Gasteiger partial charge on any atom is 0.276 e. The van der Waals surface area contributed by atoms with E-state index in [9.17, 15) is 22.9 Å². The van der Waals surface area contributed by atoms with Gasteiger partial charge >= 0.3 is 0 Å². The number of rotatable bonds is 5. The van der Waals surface area contributed by atoms with Crippen LogP contribution in [0.25, 0.3) is 0 Å². The molecule has 9 heteroatoms. The highest BCUT2D eigenvalue weighted by Gasteiger charge is 2.19. The summed E-state index contributed by atoms with van der Waals surface area (Å²) in [5, 5.41) is 14.4. The van der Waals surface area contributed by atoms with Gasteiger partial charge in [0.25, 0.3) is 15.7 Å². The number of aryl methyl sites for hydroxylation is 1. The van der Waals surface area contributed by atoms with Crippen LogP contribution in [0.3, 0.4) is 0 Å². The second-order valence-corrected chi connectivity index (χ2v) is 6.27. The Kier molecular flexibility index (Phi) is 4.70. The molecule has 23 heavy (non-hydrogen) atoms. The zero-order valence-electron chi connectivity index (χ0n) is 11.9. The lowest BCUT2D eigenvalue weighted by Gasteiger charge is -2.04. The number of nitro groups is 1. The lowest BCUT2D eigenvalue weighted by atomic mass is 10.2. The van der Waals surface area contributed by atoms with Crippen LogP contribution in [0.15, 0.2) is 52.5 Å². The summed E-state index contributed by atoms with van der Waals surface area (Å²) in [6.45, 7) is 1.50. The minimum Gasteiger partial charge on any atom is -0.258 e. The Balaban J connectivity index is 2.22. The van der Waals surface area contributed by atoms with Crippen molar-refractivity contribution in [1.82, 2.24) is 4.83 Å². The highest BCUT2D eigenvalue weighted by atomic mass is 32.2. The average molecular weight is 337 g/mol. The Morgan fingerprint density at radius 1 is 1.26 bits per heavy atom. The Morgan fingerprint density at radius 3 is 2.65 bits per heavy atom. The topological polar surface area (TPSA) is 102 Å². The molecule has 1 N–H and O–H groups in total.